The minimum Gasteiger partial charge on any atom is -0.378 e. The Labute approximate surface area is 274 Å². The molecular formula is C42H44N4+2. The van der Waals surface area contributed by atoms with Crippen LogP contribution in [0.25, 0.3) is 46.8 Å². The number of hydrogen-bond acceptors (Lipinski definition) is 2. The Morgan fingerprint density at radius 1 is 0.478 bits per heavy atom. The van der Waals surface area contributed by atoms with Gasteiger partial charge in [-0.3, -0.25) is 0 Å². The van der Waals surface area contributed by atoms with E-state index in [1.54, 1.807) is 0 Å². The van der Waals surface area contributed by atoms with Crippen LogP contribution in [-0.4, -0.2) is 28.2 Å². The van der Waals surface area contributed by atoms with Crippen molar-refractivity contribution in [3.05, 3.63) is 131 Å². The fourth-order valence-corrected chi connectivity index (χ4v) is 7.02. The summed E-state index contributed by atoms with van der Waals surface area (Å²) in [4.78, 5) is 4.28. The number of benzene rings is 3. The summed E-state index contributed by atoms with van der Waals surface area (Å²) in [6, 6.07) is 36.0. The highest BCUT2D eigenvalue weighted by molar-refractivity contribution is 5.84. The normalized spacial score (nSPS) is 13.8. The summed E-state index contributed by atoms with van der Waals surface area (Å²) < 4.78 is 5.10. The largest absolute Gasteiger partial charge is 0.378 e. The van der Waals surface area contributed by atoms with E-state index in [-0.39, 0.29) is 0 Å². The van der Waals surface area contributed by atoms with Gasteiger partial charge in [0.25, 0.3) is 0 Å². The van der Waals surface area contributed by atoms with Crippen molar-refractivity contribution in [1.29, 1.82) is 0 Å². The molecule has 0 fully saturated rings. The quantitative estimate of drug-likeness (QED) is 0.183. The molecule has 2 aliphatic rings. The number of fused-ring (bicyclic) bond motifs is 7. The van der Waals surface area contributed by atoms with E-state index in [1.807, 2.05) is 0 Å². The minimum atomic E-state index is 1.01. The highest BCUT2D eigenvalue weighted by atomic mass is 15.1. The van der Waals surface area contributed by atoms with E-state index in [0.29, 0.717) is 0 Å². The molecule has 0 radical (unpaired) electrons. The molecule has 2 aromatic heterocycles. The third kappa shape index (κ3) is 5.88. The zero-order valence-electron chi connectivity index (χ0n) is 27.6. The van der Waals surface area contributed by atoms with Crippen LogP contribution in [0.5, 0.6) is 0 Å². The van der Waals surface area contributed by atoms with Gasteiger partial charge in [0.2, 0.25) is 22.8 Å². The van der Waals surface area contributed by atoms with Crippen LogP contribution < -0.4 is 18.9 Å². The molecule has 0 saturated heterocycles. The van der Waals surface area contributed by atoms with Crippen LogP contribution in [-0.2, 0) is 25.9 Å². The molecule has 4 heteroatoms. The summed E-state index contributed by atoms with van der Waals surface area (Å²) in [5.41, 5.74) is 15.7. The molecule has 0 unspecified atom stereocenters. The smallest absolute Gasteiger partial charge is 0.214 e. The zero-order valence-corrected chi connectivity index (χ0v) is 27.6. The fraction of sp³-hybridized carbons (Fsp3) is 0.238. The summed E-state index contributed by atoms with van der Waals surface area (Å²) in [5, 5.41) is 0. The molecule has 0 spiro atoms. The molecule has 4 heterocycles. The molecule has 7 rings (SSSR count). The van der Waals surface area contributed by atoms with Crippen molar-refractivity contribution in [3.8, 4) is 22.5 Å². The fourth-order valence-electron chi connectivity index (χ4n) is 7.02. The van der Waals surface area contributed by atoms with Gasteiger partial charge < -0.3 is 9.80 Å². The van der Waals surface area contributed by atoms with E-state index in [0.717, 1.165) is 38.8 Å². The lowest BCUT2D eigenvalue weighted by Crippen LogP contribution is -2.40. The number of aryl methyl sites for hydroxylation is 2. The van der Waals surface area contributed by atoms with E-state index in [9.17, 15) is 0 Å². The lowest BCUT2D eigenvalue weighted by atomic mass is 9.88. The third-order valence-electron chi connectivity index (χ3n) is 9.51. The first-order valence-electron chi connectivity index (χ1n) is 16.6. The van der Waals surface area contributed by atoms with E-state index in [4.69, 9.17) is 0 Å². The van der Waals surface area contributed by atoms with Crippen molar-refractivity contribution in [2.45, 2.75) is 38.8 Å². The molecule has 5 aromatic rings. The summed E-state index contributed by atoms with van der Waals surface area (Å²) in [5.74, 6) is 0. The molecule has 230 valence electrons. The molecule has 0 saturated carbocycles. The predicted octanol–water partition coefficient (Wildman–Crippen LogP) is 7.96. The van der Waals surface area contributed by atoms with Crippen LogP contribution in [0.2, 0.25) is 0 Å². The molecule has 3 aromatic carbocycles. The highest BCUT2D eigenvalue weighted by Gasteiger charge is 2.32. The van der Waals surface area contributed by atoms with Gasteiger partial charge >= 0.3 is 0 Å². The molecule has 4 nitrogen and oxygen atoms in total. The molecule has 0 amide bonds. The van der Waals surface area contributed by atoms with Crippen LogP contribution >= 0.6 is 0 Å². The van der Waals surface area contributed by atoms with Gasteiger partial charge in [-0.1, -0.05) is 36.4 Å². The Hall–Kier alpha value is -4.96. The number of anilines is 2. The van der Waals surface area contributed by atoms with Crippen LogP contribution in [0.15, 0.2) is 97.1 Å². The van der Waals surface area contributed by atoms with Gasteiger partial charge in [0.1, 0.15) is 13.1 Å². The zero-order chi connectivity index (χ0) is 31.6. The Kier molecular flexibility index (Phi) is 8.28. The number of nitrogens with zero attached hydrogens (tertiary/aromatic N) is 4. The van der Waals surface area contributed by atoms with E-state index in [1.165, 1.54) is 67.5 Å². The van der Waals surface area contributed by atoms with Gasteiger partial charge in [0.05, 0.1) is 11.1 Å². The van der Waals surface area contributed by atoms with E-state index >= 15 is 0 Å². The molecule has 0 bridgehead atoms. The van der Waals surface area contributed by atoms with Gasteiger partial charge in [-0.05, 0) is 83.6 Å². The van der Waals surface area contributed by atoms with Crippen molar-refractivity contribution in [1.82, 2.24) is 0 Å². The second-order valence-corrected chi connectivity index (χ2v) is 13.0. The van der Waals surface area contributed by atoms with Crippen LogP contribution in [0.3, 0.4) is 0 Å². The van der Waals surface area contributed by atoms with Crippen molar-refractivity contribution in [2.75, 3.05) is 38.0 Å². The second-order valence-electron chi connectivity index (χ2n) is 13.0. The summed E-state index contributed by atoms with van der Waals surface area (Å²) in [6.45, 7) is 2.02. The Morgan fingerprint density at radius 3 is 1.28 bits per heavy atom. The maximum Gasteiger partial charge on any atom is 0.214 e. The van der Waals surface area contributed by atoms with Gasteiger partial charge in [-0.2, -0.15) is 9.13 Å². The molecule has 2 aliphatic heterocycles. The standard InChI is InChI=1S/C42H44N4/c1-43(2)35-23-15-31(16-24-35)19-27-37-11-5-13-39-41-33(9-7-29-45(37)39)21-22-34-10-8-30-46-38(12-6-14-40(46)42(34)41)28-20-32-17-25-36(26-18-32)44(3)4/h5-6,11-28H,7-10,29-30H2,1-4H3/q+2. The number of rotatable bonds is 6. The summed E-state index contributed by atoms with van der Waals surface area (Å²) in [7, 11) is 8.33. The Bertz CT molecular complexity index is 1790. The third-order valence-corrected chi connectivity index (χ3v) is 9.51. The lowest BCUT2D eigenvalue weighted by molar-refractivity contribution is -0.689. The first-order chi connectivity index (χ1) is 22.5. The molecule has 46 heavy (non-hydrogen) atoms. The Morgan fingerprint density at radius 2 is 0.891 bits per heavy atom. The molecule has 0 atom stereocenters. The van der Waals surface area contributed by atoms with E-state index in [2.05, 4.69) is 168 Å². The van der Waals surface area contributed by atoms with Crippen LogP contribution in [0, 0.1) is 0 Å². The van der Waals surface area contributed by atoms with Gasteiger partial charge in [0.15, 0.2) is 0 Å². The number of hydrogen-bond donors (Lipinski definition) is 0. The average Bonchev–Trinajstić information content (AvgIpc) is 3.39. The van der Waals surface area contributed by atoms with Crippen LogP contribution in [0.1, 0.15) is 46.5 Å². The van der Waals surface area contributed by atoms with Gasteiger partial charge in [-0.15, -0.1) is 0 Å². The lowest BCUT2D eigenvalue weighted by Gasteiger charge is -2.14. The molecule has 0 aliphatic carbocycles. The second kappa shape index (κ2) is 12.8. The van der Waals surface area contributed by atoms with Crippen molar-refractivity contribution >= 4 is 35.7 Å². The molecular weight excluding hydrogens is 560 g/mol. The van der Waals surface area contributed by atoms with Gasteiger partial charge in [0, 0.05) is 88.8 Å². The first kappa shape index (κ1) is 29.7. The monoisotopic (exact) mass is 604 g/mol. The number of pyridine rings is 2. The minimum absolute atomic E-state index is 1.01. The predicted molar refractivity (Wildman–Crippen MR) is 194 cm³/mol. The summed E-state index contributed by atoms with van der Waals surface area (Å²) in [6.07, 6.45) is 13.5. The van der Waals surface area contributed by atoms with Crippen molar-refractivity contribution < 1.29 is 9.13 Å². The highest BCUT2D eigenvalue weighted by Crippen LogP contribution is 2.39. The maximum atomic E-state index is 2.55. The van der Waals surface area contributed by atoms with Crippen molar-refractivity contribution in [3.63, 3.8) is 0 Å². The average molecular weight is 605 g/mol. The van der Waals surface area contributed by atoms with Gasteiger partial charge in [-0.25, -0.2) is 0 Å². The topological polar surface area (TPSA) is 14.2 Å². The Balaban J connectivity index is 1.30. The molecule has 0 N–H and O–H groups in total. The summed E-state index contributed by atoms with van der Waals surface area (Å²) >= 11 is 0. The SMILES string of the molecule is CN(C)c1ccc(/C=C/c2cccc3[n+]2CCCc2ccc4c(c2-3)-c2cccc(/C=C/c3ccc(N(C)C)cc3)[n+]2CCC4)cc1. The van der Waals surface area contributed by atoms with Crippen LogP contribution in [0.4, 0.5) is 11.4 Å². The first-order valence-corrected chi connectivity index (χ1v) is 16.6. The van der Waals surface area contributed by atoms with E-state index < -0.39 is 0 Å². The maximum absolute atomic E-state index is 2.55. The van der Waals surface area contributed by atoms with Crippen molar-refractivity contribution in [2.24, 2.45) is 0 Å². The number of aromatic nitrogens is 2.